The van der Waals surface area contributed by atoms with Gasteiger partial charge in [0.15, 0.2) is 0 Å². The van der Waals surface area contributed by atoms with Gasteiger partial charge in [-0.25, -0.2) is 4.98 Å². The minimum atomic E-state index is 0.166. The van der Waals surface area contributed by atoms with Gasteiger partial charge in [0.25, 0.3) is 0 Å². The molecule has 17 heavy (non-hydrogen) atoms. The highest BCUT2D eigenvalue weighted by atomic mass is 16.2. The van der Waals surface area contributed by atoms with Crippen LogP contribution >= 0.6 is 0 Å². The number of imidazole rings is 1. The van der Waals surface area contributed by atoms with Crippen LogP contribution in [0.1, 0.15) is 26.1 Å². The highest BCUT2D eigenvalue weighted by molar-refractivity contribution is 5.78. The first-order chi connectivity index (χ1) is 8.20. The van der Waals surface area contributed by atoms with Crippen molar-refractivity contribution in [3.63, 3.8) is 0 Å². The molecule has 1 amide bonds. The number of hydrogen-bond donors (Lipinski definition) is 1. The topological polar surface area (TPSA) is 50.2 Å². The van der Waals surface area contributed by atoms with Crippen molar-refractivity contribution in [1.82, 2.24) is 19.8 Å². The summed E-state index contributed by atoms with van der Waals surface area (Å²) in [5.74, 6) is 1.15. The van der Waals surface area contributed by atoms with Crippen LogP contribution in [0.2, 0.25) is 0 Å². The van der Waals surface area contributed by atoms with Gasteiger partial charge in [-0.2, -0.15) is 0 Å². The monoisotopic (exact) mass is 236 g/mol. The molecule has 0 radical (unpaired) electrons. The van der Waals surface area contributed by atoms with E-state index in [2.05, 4.69) is 28.7 Å². The maximum atomic E-state index is 12.0. The molecule has 0 aliphatic carbocycles. The Labute approximate surface area is 102 Å². The maximum Gasteiger partial charge on any atom is 0.237 e. The third-order valence-electron chi connectivity index (χ3n) is 3.31. The second-order valence-electron chi connectivity index (χ2n) is 4.54. The zero-order valence-corrected chi connectivity index (χ0v) is 10.5. The first-order valence-electron chi connectivity index (χ1n) is 6.22. The summed E-state index contributed by atoms with van der Waals surface area (Å²) in [6.07, 6.45) is 4.80. The average Bonchev–Trinajstić information content (AvgIpc) is 2.82. The Morgan fingerprint density at radius 3 is 3.18 bits per heavy atom. The molecule has 0 aromatic carbocycles. The van der Waals surface area contributed by atoms with Gasteiger partial charge in [-0.1, -0.05) is 6.92 Å². The molecule has 1 N–H and O–H groups in total. The largest absolute Gasteiger partial charge is 0.332 e. The van der Waals surface area contributed by atoms with Gasteiger partial charge < -0.3 is 14.8 Å². The third-order valence-corrected chi connectivity index (χ3v) is 3.31. The summed E-state index contributed by atoms with van der Waals surface area (Å²) in [6, 6.07) is 0.394. The van der Waals surface area contributed by atoms with Gasteiger partial charge in [-0.3, -0.25) is 4.79 Å². The molecule has 0 saturated carbocycles. The lowest BCUT2D eigenvalue weighted by atomic mass is 10.2. The molecular weight excluding hydrogens is 216 g/mol. The summed E-state index contributed by atoms with van der Waals surface area (Å²) < 4.78 is 2.10. The van der Waals surface area contributed by atoms with E-state index in [1.807, 2.05) is 11.1 Å². The van der Waals surface area contributed by atoms with Gasteiger partial charge >= 0.3 is 0 Å². The van der Waals surface area contributed by atoms with Crippen LogP contribution in [0.5, 0.6) is 0 Å². The van der Waals surface area contributed by atoms with Gasteiger partial charge in [0.05, 0.1) is 13.1 Å². The molecule has 0 bridgehead atoms. The molecular formula is C12H20N4O. The molecule has 1 atom stereocenters. The van der Waals surface area contributed by atoms with E-state index in [0.29, 0.717) is 19.1 Å². The van der Waals surface area contributed by atoms with E-state index in [0.717, 1.165) is 25.3 Å². The third kappa shape index (κ3) is 2.85. The van der Waals surface area contributed by atoms with Crippen LogP contribution in [0.15, 0.2) is 12.4 Å². The summed E-state index contributed by atoms with van der Waals surface area (Å²) in [4.78, 5) is 18.1. The number of rotatable bonds is 4. The van der Waals surface area contributed by atoms with Crippen LogP contribution in [0.25, 0.3) is 0 Å². The zero-order chi connectivity index (χ0) is 12.3. The van der Waals surface area contributed by atoms with Gasteiger partial charge in [0, 0.05) is 31.5 Å². The second kappa shape index (κ2) is 5.31. The van der Waals surface area contributed by atoms with E-state index in [4.69, 9.17) is 0 Å². The Balaban J connectivity index is 1.86. The molecule has 2 rings (SSSR count). The number of amides is 1. The fourth-order valence-electron chi connectivity index (χ4n) is 1.90. The summed E-state index contributed by atoms with van der Waals surface area (Å²) in [5.41, 5.74) is 0. The highest BCUT2D eigenvalue weighted by Gasteiger charge is 2.20. The van der Waals surface area contributed by atoms with Crippen molar-refractivity contribution in [2.45, 2.75) is 39.4 Å². The lowest BCUT2D eigenvalue weighted by Crippen LogP contribution is -2.44. The van der Waals surface area contributed by atoms with E-state index < -0.39 is 0 Å². The molecule has 1 aliphatic rings. The van der Waals surface area contributed by atoms with E-state index in [-0.39, 0.29) is 5.91 Å². The second-order valence-corrected chi connectivity index (χ2v) is 4.54. The molecule has 5 heteroatoms. The first kappa shape index (κ1) is 12.1. The van der Waals surface area contributed by atoms with E-state index in [9.17, 15) is 4.79 Å². The molecule has 2 heterocycles. The fraction of sp³-hybridized carbons (Fsp3) is 0.667. The predicted octanol–water partition coefficient (Wildman–Crippen LogP) is 0.613. The van der Waals surface area contributed by atoms with Crippen molar-refractivity contribution >= 4 is 5.91 Å². The van der Waals surface area contributed by atoms with Crippen LogP contribution in [-0.2, 0) is 17.9 Å². The number of nitrogens with zero attached hydrogens (tertiary/aromatic N) is 3. The Morgan fingerprint density at radius 1 is 1.59 bits per heavy atom. The van der Waals surface area contributed by atoms with Crippen molar-refractivity contribution in [3.05, 3.63) is 18.2 Å². The molecule has 1 aromatic rings. The van der Waals surface area contributed by atoms with Crippen molar-refractivity contribution in [3.8, 4) is 0 Å². The van der Waals surface area contributed by atoms with Gasteiger partial charge in [-0.05, 0) is 13.3 Å². The van der Waals surface area contributed by atoms with Crippen molar-refractivity contribution < 1.29 is 4.79 Å². The molecule has 0 fully saturated rings. The predicted molar refractivity (Wildman–Crippen MR) is 65.4 cm³/mol. The Morgan fingerprint density at radius 2 is 2.41 bits per heavy atom. The summed E-state index contributed by atoms with van der Waals surface area (Å²) in [6.45, 7) is 6.90. The van der Waals surface area contributed by atoms with E-state index in [1.54, 1.807) is 6.20 Å². The number of carbonyl (C=O) groups is 1. The quantitative estimate of drug-likeness (QED) is 0.833. The van der Waals surface area contributed by atoms with Crippen molar-refractivity contribution in [2.75, 3.05) is 13.1 Å². The lowest BCUT2D eigenvalue weighted by Gasteiger charge is -2.28. The summed E-state index contributed by atoms with van der Waals surface area (Å²) in [7, 11) is 0. The SMILES string of the molecule is CCC(C)NCC(=O)N1CCn2ccnc2C1. The molecule has 0 saturated heterocycles. The Kier molecular flexibility index (Phi) is 3.78. The first-order valence-corrected chi connectivity index (χ1v) is 6.22. The normalized spacial score (nSPS) is 16.7. The number of hydrogen-bond acceptors (Lipinski definition) is 3. The Bertz CT molecular complexity index is 388. The zero-order valence-electron chi connectivity index (χ0n) is 10.5. The highest BCUT2D eigenvalue weighted by Crippen LogP contribution is 2.09. The van der Waals surface area contributed by atoms with Gasteiger partial charge in [0.2, 0.25) is 5.91 Å². The minimum absolute atomic E-state index is 0.166. The van der Waals surface area contributed by atoms with Crippen molar-refractivity contribution in [2.24, 2.45) is 0 Å². The van der Waals surface area contributed by atoms with E-state index in [1.165, 1.54) is 0 Å². The number of nitrogens with one attached hydrogen (secondary N) is 1. The number of carbonyl (C=O) groups excluding carboxylic acids is 1. The lowest BCUT2D eigenvalue weighted by molar-refractivity contribution is -0.131. The van der Waals surface area contributed by atoms with Gasteiger partial charge in [0.1, 0.15) is 5.82 Å². The maximum absolute atomic E-state index is 12.0. The van der Waals surface area contributed by atoms with Crippen LogP contribution in [0.4, 0.5) is 0 Å². The molecule has 1 aromatic heterocycles. The smallest absolute Gasteiger partial charge is 0.237 e. The molecule has 94 valence electrons. The number of fused-ring (bicyclic) bond motifs is 1. The van der Waals surface area contributed by atoms with Crippen LogP contribution in [0, 0.1) is 0 Å². The average molecular weight is 236 g/mol. The fourth-order valence-corrected chi connectivity index (χ4v) is 1.90. The van der Waals surface area contributed by atoms with Crippen LogP contribution in [0.3, 0.4) is 0 Å². The van der Waals surface area contributed by atoms with Crippen LogP contribution < -0.4 is 5.32 Å². The summed E-state index contributed by atoms with van der Waals surface area (Å²) in [5, 5.41) is 3.23. The van der Waals surface area contributed by atoms with Crippen molar-refractivity contribution in [1.29, 1.82) is 0 Å². The minimum Gasteiger partial charge on any atom is -0.332 e. The molecule has 0 spiro atoms. The molecule has 5 nitrogen and oxygen atoms in total. The standard InChI is InChI=1S/C12H20N4O/c1-3-10(2)14-8-12(17)16-7-6-15-5-4-13-11(15)9-16/h4-5,10,14H,3,6-9H2,1-2H3. The summed E-state index contributed by atoms with van der Waals surface area (Å²) >= 11 is 0. The Hall–Kier alpha value is -1.36. The molecule has 1 unspecified atom stereocenters. The molecule has 1 aliphatic heterocycles. The van der Waals surface area contributed by atoms with E-state index >= 15 is 0 Å². The number of aromatic nitrogens is 2. The van der Waals surface area contributed by atoms with Gasteiger partial charge in [-0.15, -0.1) is 0 Å². The van der Waals surface area contributed by atoms with Crippen LogP contribution in [-0.4, -0.2) is 39.5 Å².